The van der Waals surface area contributed by atoms with E-state index in [1.807, 2.05) is 7.05 Å². The highest BCUT2D eigenvalue weighted by molar-refractivity contribution is 9.09. The molecule has 3 heteroatoms. The molecule has 0 aromatic heterocycles. The van der Waals surface area contributed by atoms with E-state index < -0.39 is 0 Å². The number of carbonyl (C=O) groups excluding carboxylic acids is 1. The van der Waals surface area contributed by atoms with Gasteiger partial charge in [0.25, 0.3) is 0 Å². The first-order valence-electron chi connectivity index (χ1n) is 6.52. The zero-order valence-electron chi connectivity index (χ0n) is 11.2. The van der Waals surface area contributed by atoms with E-state index >= 15 is 0 Å². The van der Waals surface area contributed by atoms with Crippen molar-refractivity contribution in [1.29, 1.82) is 0 Å². The van der Waals surface area contributed by atoms with Crippen LogP contribution in [0, 0.1) is 5.92 Å². The lowest BCUT2D eigenvalue weighted by Crippen LogP contribution is -2.31. The summed E-state index contributed by atoms with van der Waals surface area (Å²) in [6.07, 6.45) is 2.63. The van der Waals surface area contributed by atoms with Crippen LogP contribution in [0.1, 0.15) is 42.6 Å². The summed E-state index contributed by atoms with van der Waals surface area (Å²) in [5.41, 5.74) is 3.69. The second-order valence-electron chi connectivity index (χ2n) is 5.44. The van der Waals surface area contributed by atoms with Crippen LogP contribution in [0.3, 0.4) is 0 Å². The summed E-state index contributed by atoms with van der Waals surface area (Å²) in [6.45, 7) is 4.47. The minimum absolute atomic E-state index is 0.216. The molecular formula is C15H20BrNO. The Kier molecular flexibility index (Phi) is 4.10. The molecule has 2 rings (SSSR count). The number of benzene rings is 1. The van der Waals surface area contributed by atoms with Crippen molar-refractivity contribution in [3.63, 3.8) is 0 Å². The minimum Gasteiger partial charge on any atom is -0.315 e. The van der Waals surface area contributed by atoms with E-state index in [-0.39, 0.29) is 5.91 Å². The second-order valence-corrected chi connectivity index (χ2v) is 6.54. The summed E-state index contributed by atoms with van der Waals surface area (Å²) >= 11 is 3.76. The summed E-state index contributed by atoms with van der Waals surface area (Å²) in [7, 11) is 1.86. The van der Waals surface area contributed by atoms with Gasteiger partial charge in [-0.05, 0) is 36.0 Å². The van der Waals surface area contributed by atoms with Gasteiger partial charge >= 0.3 is 0 Å². The van der Waals surface area contributed by atoms with E-state index in [1.165, 1.54) is 11.1 Å². The number of rotatable bonds is 3. The molecule has 0 aliphatic carbocycles. The van der Waals surface area contributed by atoms with Crippen LogP contribution in [-0.4, -0.2) is 13.0 Å². The van der Waals surface area contributed by atoms with Gasteiger partial charge in [-0.25, -0.2) is 0 Å². The van der Waals surface area contributed by atoms with E-state index in [2.05, 4.69) is 48.0 Å². The maximum Gasteiger partial charge on any atom is 0.227 e. The zero-order chi connectivity index (χ0) is 13.3. The molecule has 98 valence electrons. The molecule has 1 amide bonds. The van der Waals surface area contributed by atoms with Crippen molar-refractivity contribution in [2.45, 2.75) is 37.9 Å². The number of fused-ring (bicyclic) bond motifs is 1. The van der Waals surface area contributed by atoms with Crippen LogP contribution in [0.2, 0.25) is 0 Å². The predicted molar refractivity (Wildman–Crippen MR) is 79.3 cm³/mol. The Labute approximate surface area is 117 Å². The molecule has 1 aliphatic heterocycles. The van der Waals surface area contributed by atoms with Gasteiger partial charge in [-0.2, -0.15) is 0 Å². The molecule has 18 heavy (non-hydrogen) atoms. The number of alkyl halides is 1. The highest BCUT2D eigenvalue weighted by Gasteiger charge is 2.21. The standard InChI is InChI=1S/C15H20BrNO/c1-10(2)8-13(16)11-4-6-14-12(9-11)5-7-15(18)17(14)3/h4,6,9-10,13H,5,7-8H2,1-3H3. The number of halogens is 1. The van der Waals surface area contributed by atoms with E-state index in [9.17, 15) is 4.79 Å². The average molecular weight is 310 g/mol. The number of hydrogen-bond donors (Lipinski definition) is 0. The number of hydrogen-bond acceptors (Lipinski definition) is 1. The fourth-order valence-corrected chi connectivity index (χ4v) is 3.45. The normalized spacial score (nSPS) is 16.9. The molecule has 1 atom stereocenters. The lowest BCUT2D eigenvalue weighted by Gasteiger charge is -2.26. The van der Waals surface area contributed by atoms with Gasteiger partial charge in [0.05, 0.1) is 0 Å². The summed E-state index contributed by atoms with van der Waals surface area (Å²) in [6, 6.07) is 6.46. The first kappa shape index (κ1) is 13.6. The molecule has 0 spiro atoms. The van der Waals surface area contributed by atoms with E-state index in [1.54, 1.807) is 4.90 Å². The van der Waals surface area contributed by atoms with Crippen LogP contribution < -0.4 is 4.90 Å². The van der Waals surface area contributed by atoms with Crippen molar-refractivity contribution in [3.8, 4) is 0 Å². The van der Waals surface area contributed by atoms with Crippen molar-refractivity contribution < 1.29 is 4.79 Å². The zero-order valence-corrected chi connectivity index (χ0v) is 12.8. The third kappa shape index (κ3) is 2.77. The van der Waals surface area contributed by atoms with Gasteiger partial charge in [-0.15, -0.1) is 0 Å². The summed E-state index contributed by atoms with van der Waals surface area (Å²) in [5.74, 6) is 0.891. The maximum absolute atomic E-state index is 11.6. The van der Waals surface area contributed by atoms with Gasteiger partial charge in [0.15, 0.2) is 0 Å². The third-order valence-corrected chi connectivity index (χ3v) is 4.39. The van der Waals surface area contributed by atoms with Gasteiger partial charge in [0, 0.05) is 24.0 Å². The van der Waals surface area contributed by atoms with Crippen molar-refractivity contribution in [3.05, 3.63) is 29.3 Å². The molecule has 1 aromatic carbocycles. The van der Waals surface area contributed by atoms with Gasteiger partial charge in [-0.1, -0.05) is 41.9 Å². The number of anilines is 1. The Hall–Kier alpha value is -0.830. The lowest BCUT2D eigenvalue weighted by molar-refractivity contribution is -0.118. The summed E-state index contributed by atoms with van der Waals surface area (Å²) in [4.78, 5) is 13.8. The van der Waals surface area contributed by atoms with Crippen LogP contribution in [-0.2, 0) is 11.2 Å². The number of nitrogens with zero attached hydrogens (tertiary/aromatic N) is 1. The largest absolute Gasteiger partial charge is 0.315 e. The van der Waals surface area contributed by atoms with E-state index in [0.29, 0.717) is 17.2 Å². The molecule has 0 N–H and O–H groups in total. The molecule has 0 saturated carbocycles. The molecule has 1 heterocycles. The van der Waals surface area contributed by atoms with Gasteiger partial charge < -0.3 is 4.90 Å². The summed E-state index contributed by atoms with van der Waals surface area (Å²) < 4.78 is 0. The molecule has 1 unspecified atom stereocenters. The van der Waals surface area contributed by atoms with Crippen LogP contribution in [0.15, 0.2) is 18.2 Å². The average Bonchev–Trinajstić information content (AvgIpc) is 2.32. The predicted octanol–water partition coefficient (Wildman–Crippen LogP) is 4.08. The first-order valence-corrected chi connectivity index (χ1v) is 7.44. The third-order valence-electron chi connectivity index (χ3n) is 3.49. The number of carbonyl (C=O) groups is 1. The van der Waals surface area contributed by atoms with Crippen LogP contribution in [0.4, 0.5) is 5.69 Å². The fraction of sp³-hybridized carbons (Fsp3) is 0.533. The first-order chi connectivity index (χ1) is 8.49. The van der Waals surface area contributed by atoms with Crippen LogP contribution in [0.25, 0.3) is 0 Å². The second kappa shape index (κ2) is 5.43. The van der Waals surface area contributed by atoms with Crippen molar-refractivity contribution in [1.82, 2.24) is 0 Å². The Morgan fingerprint density at radius 3 is 2.72 bits per heavy atom. The highest BCUT2D eigenvalue weighted by atomic mass is 79.9. The number of aryl methyl sites for hydroxylation is 1. The van der Waals surface area contributed by atoms with E-state index in [0.717, 1.165) is 18.5 Å². The molecule has 0 saturated heterocycles. The Bertz CT molecular complexity index is 456. The van der Waals surface area contributed by atoms with Gasteiger partial charge in [0.1, 0.15) is 0 Å². The minimum atomic E-state index is 0.216. The van der Waals surface area contributed by atoms with Gasteiger partial charge in [0.2, 0.25) is 5.91 Å². The van der Waals surface area contributed by atoms with Crippen molar-refractivity contribution in [2.75, 3.05) is 11.9 Å². The van der Waals surface area contributed by atoms with Crippen LogP contribution in [0.5, 0.6) is 0 Å². The topological polar surface area (TPSA) is 20.3 Å². The molecule has 2 nitrogen and oxygen atoms in total. The smallest absolute Gasteiger partial charge is 0.227 e. The fourth-order valence-electron chi connectivity index (χ4n) is 2.42. The Morgan fingerprint density at radius 2 is 2.06 bits per heavy atom. The van der Waals surface area contributed by atoms with E-state index in [4.69, 9.17) is 0 Å². The molecular weight excluding hydrogens is 290 g/mol. The molecule has 1 aliphatic rings. The molecule has 0 fully saturated rings. The summed E-state index contributed by atoms with van der Waals surface area (Å²) in [5, 5.41) is 0. The SMILES string of the molecule is CC(C)CC(Br)c1ccc2c(c1)CCC(=O)N2C. The number of amides is 1. The van der Waals surface area contributed by atoms with Gasteiger partial charge in [-0.3, -0.25) is 4.79 Å². The van der Waals surface area contributed by atoms with Crippen molar-refractivity contribution >= 4 is 27.5 Å². The van der Waals surface area contributed by atoms with Crippen LogP contribution >= 0.6 is 15.9 Å². The highest BCUT2D eigenvalue weighted by Crippen LogP contribution is 2.34. The molecule has 1 aromatic rings. The quantitative estimate of drug-likeness (QED) is 0.770. The maximum atomic E-state index is 11.6. The van der Waals surface area contributed by atoms with Crippen molar-refractivity contribution in [2.24, 2.45) is 5.92 Å². The molecule has 0 bridgehead atoms. The monoisotopic (exact) mass is 309 g/mol. The Morgan fingerprint density at radius 1 is 1.33 bits per heavy atom. The Balaban J connectivity index is 2.25. The lowest BCUT2D eigenvalue weighted by atomic mass is 9.96. The molecule has 0 radical (unpaired) electrons.